The van der Waals surface area contributed by atoms with Gasteiger partial charge in [-0.3, -0.25) is 0 Å². The van der Waals surface area contributed by atoms with Crippen LogP contribution < -0.4 is 5.73 Å². The van der Waals surface area contributed by atoms with Gasteiger partial charge in [0.25, 0.3) is 0 Å². The lowest BCUT2D eigenvalue weighted by atomic mass is 11.1. The molecule has 0 aromatic carbocycles. The van der Waals surface area contributed by atoms with Crippen LogP contribution in [0.1, 0.15) is 0 Å². The second-order valence-corrected chi connectivity index (χ2v) is 1.64. The number of hydrogen-bond acceptors (Lipinski definition) is 2. The van der Waals surface area contributed by atoms with E-state index in [-0.39, 0.29) is 0 Å². The Kier molecular flexibility index (Phi) is 2.51. The van der Waals surface area contributed by atoms with Crippen molar-refractivity contribution in [3.05, 3.63) is 10.6 Å². The maximum absolute atomic E-state index is 5.06. The van der Waals surface area contributed by atoms with Gasteiger partial charge in [0, 0.05) is 6.20 Å². The molecule has 3 heteroatoms. The molecular weight excluding hydrogens is 106 g/mol. The van der Waals surface area contributed by atoms with Crippen molar-refractivity contribution < 1.29 is 0 Å². The van der Waals surface area contributed by atoms with Crippen LogP contribution in [0.3, 0.4) is 0 Å². The fourth-order valence-electron chi connectivity index (χ4n) is 0. The normalized spacial score (nSPS) is 12.0. The van der Waals surface area contributed by atoms with E-state index in [1.165, 1.54) is 6.20 Å². The van der Waals surface area contributed by atoms with Crippen LogP contribution in [0.4, 0.5) is 0 Å². The third kappa shape index (κ3) is 4.18. The van der Waals surface area contributed by atoms with Gasteiger partial charge in [0.15, 0.2) is 0 Å². The SMILES string of the molecule is N/C=C(\S)Cl. The lowest BCUT2D eigenvalue weighted by Gasteiger charge is -1.70. The smallest absolute Gasteiger partial charge is 0.0859 e. The predicted molar refractivity (Wildman–Crippen MR) is 27.1 cm³/mol. The Morgan fingerprint density at radius 1 is 2.00 bits per heavy atom. The summed E-state index contributed by atoms with van der Waals surface area (Å²) >= 11 is 8.66. The van der Waals surface area contributed by atoms with Gasteiger partial charge in [-0.25, -0.2) is 0 Å². The molecule has 2 N–H and O–H groups in total. The Morgan fingerprint density at radius 3 is 2.20 bits per heavy atom. The van der Waals surface area contributed by atoms with Crippen LogP contribution in [0.15, 0.2) is 10.6 Å². The summed E-state index contributed by atoms with van der Waals surface area (Å²) < 4.78 is 0.324. The molecule has 0 heterocycles. The lowest BCUT2D eigenvalue weighted by Crippen LogP contribution is -1.73. The first-order valence-corrected chi connectivity index (χ1v) is 1.86. The molecule has 0 spiro atoms. The first-order valence-electron chi connectivity index (χ1n) is 1.03. The highest BCUT2D eigenvalue weighted by Crippen LogP contribution is 2.00. The minimum atomic E-state index is 0.324. The summed E-state index contributed by atoms with van der Waals surface area (Å²) in [6, 6.07) is 0. The molecule has 0 saturated carbocycles. The van der Waals surface area contributed by atoms with Crippen molar-refractivity contribution in [3.63, 3.8) is 0 Å². The van der Waals surface area contributed by atoms with E-state index >= 15 is 0 Å². The maximum Gasteiger partial charge on any atom is 0.0859 e. The number of thiol groups is 1. The molecule has 0 amide bonds. The predicted octanol–water partition coefficient (Wildman–Crippen LogP) is 0.913. The van der Waals surface area contributed by atoms with Crippen LogP contribution in [0.2, 0.25) is 0 Å². The first kappa shape index (κ1) is 5.18. The van der Waals surface area contributed by atoms with E-state index in [4.69, 9.17) is 17.3 Å². The van der Waals surface area contributed by atoms with Crippen LogP contribution in [-0.2, 0) is 0 Å². The van der Waals surface area contributed by atoms with Crippen LogP contribution >= 0.6 is 24.2 Å². The van der Waals surface area contributed by atoms with E-state index in [0.717, 1.165) is 0 Å². The summed E-state index contributed by atoms with van der Waals surface area (Å²) in [5.74, 6) is 0. The Hall–Kier alpha value is 0.180. The number of hydrogen-bond donors (Lipinski definition) is 2. The number of rotatable bonds is 0. The molecule has 0 aromatic rings. The van der Waals surface area contributed by atoms with Gasteiger partial charge >= 0.3 is 0 Å². The van der Waals surface area contributed by atoms with Crippen molar-refractivity contribution >= 4 is 24.2 Å². The zero-order chi connectivity index (χ0) is 4.28. The van der Waals surface area contributed by atoms with E-state index in [1.54, 1.807) is 0 Å². The fourth-order valence-corrected chi connectivity index (χ4v) is 0. The minimum absolute atomic E-state index is 0.324. The molecule has 0 saturated heterocycles. The highest BCUT2D eigenvalue weighted by molar-refractivity contribution is 7.86. The molecule has 0 bridgehead atoms. The van der Waals surface area contributed by atoms with Gasteiger partial charge < -0.3 is 5.73 Å². The quantitative estimate of drug-likeness (QED) is 0.445. The molecule has 0 radical (unpaired) electrons. The molecule has 5 heavy (non-hydrogen) atoms. The molecule has 30 valence electrons. The number of halogens is 1. The molecule has 0 unspecified atom stereocenters. The van der Waals surface area contributed by atoms with Crippen molar-refractivity contribution in [1.82, 2.24) is 0 Å². The lowest BCUT2D eigenvalue weighted by molar-refractivity contribution is 1.62. The zero-order valence-corrected chi connectivity index (χ0v) is 4.13. The van der Waals surface area contributed by atoms with Crippen molar-refractivity contribution in [2.75, 3.05) is 0 Å². The van der Waals surface area contributed by atoms with Gasteiger partial charge in [-0.05, 0) is 0 Å². The van der Waals surface area contributed by atoms with Gasteiger partial charge in [0.05, 0.1) is 4.36 Å². The van der Waals surface area contributed by atoms with Crippen molar-refractivity contribution in [2.24, 2.45) is 5.73 Å². The Balaban J connectivity index is 3.14. The van der Waals surface area contributed by atoms with Crippen LogP contribution in [0.5, 0.6) is 0 Å². The second kappa shape index (κ2) is 2.42. The topological polar surface area (TPSA) is 26.0 Å². The van der Waals surface area contributed by atoms with Crippen molar-refractivity contribution in [2.45, 2.75) is 0 Å². The van der Waals surface area contributed by atoms with E-state index in [1.807, 2.05) is 0 Å². The Bertz CT molecular complexity index is 47.6. The van der Waals surface area contributed by atoms with Crippen LogP contribution in [0.25, 0.3) is 0 Å². The largest absolute Gasteiger partial charge is 0.403 e. The van der Waals surface area contributed by atoms with Gasteiger partial charge in [-0.15, -0.1) is 12.6 Å². The third-order valence-electron chi connectivity index (χ3n) is 0.138. The molecule has 0 atom stereocenters. The second-order valence-electron chi connectivity index (χ2n) is 0.489. The van der Waals surface area contributed by atoms with E-state index in [9.17, 15) is 0 Å². The van der Waals surface area contributed by atoms with Crippen LogP contribution in [0, 0.1) is 0 Å². The summed E-state index contributed by atoms with van der Waals surface area (Å²) in [6.45, 7) is 0. The van der Waals surface area contributed by atoms with Gasteiger partial charge in [0.1, 0.15) is 0 Å². The van der Waals surface area contributed by atoms with Gasteiger partial charge in [-0.1, -0.05) is 11.6 Å². The fraction of sp³-hybridized carbons (Fsp3) is 0. The number of nitrogens with two attached hydrogens (primary N) is 1. The zero-order valence-electron chi connectivity index (χ0n) is 2.48. The molecule has 0 aliphatic carbocycles. The highest BCUT2D eigenvalue weighted by Gasteiger charge is 1.66. The Morgan fingerprint density at radius 2 is 2.20 bits per heavy atom. The summed E-state index contributed by atoms with van der Waals surface area (Å²) in [5, 5.41) is 0. The monoisotopic (exact) mass is 109 g/mol. The minimum Gasteiger partial charge on any atom is -0.403 e. The summed E-state index contributed by atoms with van der Waals surface area (Å²) in [5.41, 5.74) is 4.80. The third-order valence-corrected chi connectivity index (χ3v) is 0.413. The molecule has 0 aromatic heterocycles. The highest BCUT2D eigenvalue weighted by atomic mass is 35.5. The average Bonchev–Trinajstić information content (AvgIpc) is 1.38. The van der Waals surface area contributed by atoms with Gasteiger partial charge in [0.2, 0.25) is 0 Å². The van der Waals surface area contributed by atoms with Gasteiger partial charge in [-0.2, -0.15) is 0 Å². The molecule has 0 rings (SSSR count). The van der Waals surface area contributed by atoms with Crippen molar-refractivity contribution in [3.8, 4) is 0 Å². The molecule has 0 aliphatic heterocycles. The standard InChI is InChI=1S/C2H4ClNS/c3-2(5)1-4/h1,5H,4H2/b2-1-. The van der Waals surface area contributed by atoms with E-state index in [2.05, 4.69) is 12.6 Å². The van der Waals surface area contributed by atoms with E-state index in [0.29, 0.717) is 4.36 Å². The maximum atomic E-state index is 5.06. The first-order chi connectivity index (χ1) is 2.27. The summed E-state index contributed by atoms with van der Waals surface area (Å²) in [6.07, 6.45) is 1.21. The summed E-state index contributed by atoms with van der Waals surface area (Å²) in [4.78, 5) is 0. The van der Waals surface area contributed by atoms with Crippen molar-refractivity contribution in [1.29, 1.82) is 0 Å². The summed E-state index contributed by atoms with van der Waals surface area (Å²) in [7, 11) is 0. The molecule has 0 fully saturated rings. The average molecular weight is 110 g/mol. The van der Waals surface area contributed by atoms with Crippen LogP contribution in [-0.4, -0.2) is 0 Å². The molecule has 0 aliphatic rings. The molecular formula is C2H4ClNS. The Labute approximate surface area is 41.2 Å². The van der Waals surface area contributed by atoms with E-state index < -0.39 is 0 Å². The molecule has 1 nitrogen and oxygen atoms in total.